The fourth-order valence-electron chi connectivity index (χ4n) is 4.61. The van der Waals surface area contributed by atoms with E-state index in [0.717, 1.165) is 61.9 Å². The first-order valence-electron chi connectivity index (χ1n) is 9.60. The molecule has 27 heavy (non-hydrogen) atoms. The number of aromatic amines is 1. The molecule has 0 saturated carbocycles. The molecule has 3 heterocycles. The number of benzene rings is 1. The highest BCUT2D eigenvalue weighted by Gasteiger charge is 2.42. The standard InChI is InChI=1S/C20H27N3O3S/c1-27(25,26)12-11-22-9-2-6-20(14-22)7-10-23(15-20)19(24)17-3-4-18-16(13-17)5-8-21-18/h3-5,8,13,21H,2,6-7,9-12,14-15H2,1H3. The number of H-pyrrole nitrogens is 1. The summed E-state index contributed by atoms with van der Waals surface area (Å²) in [6, 6.07) is 7.80. The van der Waals surface area contributed by atoms with E-state index in [4.69, 9.17) is 0 Å². The van der Waals surface area contributed by atoms with Crippen LogP contribution >= 0.6 is 0 Å². The summed E-state index contributed by atoms with van der Waals surface area (Å²) in [6.07, 6.45) is 6.37. The lowest BCUT2D eigenvalue weighted by Gasteiger charge is -2.40. The molecule has 1 aromatic carbocycles. The van der Waals surface area contributed by atoms with Gasteiger partial charge >= 0.3 is 0 Å². The molecule has 0 aliphatic carbocycles. The Bertz CT molecular complexity index is 952. The molecule has 2 aromatic rings. The second-order valence-electron chi connectivity index (χ2n) is 8.27. The van der Waals surface area contributed by atoms with Crippen LogP contribution in [0.5, 0.6) is 0 Å². The fourth-order valence-corrected chi connectivity index (χ4v) is 5.20. The van der Waals surface area contributed by atoms with Crippen molar-refractivity contribution in [2.75, 3.05) is 44.7 Å². The van der Waals surface area contributed by atoms with Gasteiger partial charge in [-0.15, -0.1) is 0 Å². The summed E-state index contributed by atoms with van der Waals surface area (Å²) in [5.74, 6) is 0.311. The molecule has 6 nitrogen and oxygen atoms in total. The molecule has 1 atom stereocenters. The number of piperidine rings is 1. The summed E-state index contributed by atoms with van der Waals surface area (Å²) in [7, 11) is -2.94. The Morgan fingerprint density at radius 1 is 1.19 bits per heavy atom. The zero-order chi connectivity index (χ0) is 19.1. The van der Waals surface area contributed by atoms with Crippen LogP contribution in [-0.4, -0.2) is 73.8 Å². The number of nitrogens with one attached hydrogen (secondary N) is 1. The Morgan fingerprint density at radius 3 is 2.85 bits per heavy atom. The summed E-state index contributed by atoms with van der Waals surface area (Å²) < 4.78 is 23.0. The molecule has 4 rings (SSSR count). The average molecular weight is 390 g/mol. The number of rotatable bonds is 4. The molecule has 0 radical (unpaired) electrons. The molecule has 2 aliphatic rings. The van der Waals surface area contributed by atoms with E-state index in [1.54, 1.807) is 0 Å². The van der Waals surface area contributed by atoms with E-state index in [2.05, 4.69) is 9.88 Å². The number of amides is 1. The largest absolute Gasteiger partial charge is 0.361 e. The lowest BCUT2D eigenvalue weighted by molar-refractivity contribution is 0.0700. The molecule has 1 unspecified atom stereocenters. The van der Waals surface area contributed by atoms with E-state index >= 15 is 0 Å². The number of carbonyl (C=O) groups excluding carboxylic acids is 1. The molecule has 1 spiro atoms. The minimum absolute atomic E-state index is 0.100. The minimum atomic E-state index is -2.94. The number of hydrogen-bond acceptors (Lipinski definition) is 4. The smallest absolute Gasteiger partial charge is 0.253 e. The van der Waals surface area contributed by atoms with Crippen molar-refractivity contribution in [1.82, 2.24) is 14.8 Å². The van der Waals surface area contributed by atoms with Crippen LogP contribution in [-0.2, 0) is 9.84 Å². The fraction of sp³-hybridized carbons (Fsp3) is 0.550. The topological polar surface area (TPSA) is 73.5 Å². The Balaban J connectivity index is 1.43. The number of likely N-dealkylation sites (tertiary alicyclic amines) is 2. The number of nitrogens with zero attached hydrogens (tertiary/aromatic N) is 2. The quantitative estimate of drug-likeness (QED) is 0.870. The number of carbonyl (C=O) groups is 1. The predicted molar refractivity (Wildman–Crippen MR) is 107 cm³/mol. The maximum absolute atomic E-state index is 13.0. The van der Waals surface area contributed by atoms with Gasteiger partial charge in [0, 0.05) is 60.5 Å². The zero-order valence-corrected chi connectivity index (χ0v) is 16.6. The van der Waals surface area contributed by atoms with Gasteiger partial charge in [0.05, 0.1) is 5.75 Å². The van der Waals surface area contributed by atoms with Crippen LogP contribution in [0, 0.1) is 5.41 Å². The van der Waals surface area contributed by atoms with Gasteiger partial charge in [0.15, 0.2) is 0 Å². The van der Waals surface area contributed by atoms with E-state index in [1.165, 1.54) is 6.26 Å². The van der Waals surface area contributed by atoms with Gasteiger partial charge < -0.3 is 14.8 Å². The van der Waals surface area contributed by atoms with Crippen LogP contribution in [0.4, 0.5) is 0 Å². The van der Waals surface area contributed by atoms with Crippen molar-refractivity contribution >= 4 is 26.6 Å². The van der Waals surface area contributed by atoms with Gasteiger partial charge in [-0.05, 0) is 50.1 Å². The van der Waals surface area contributed by atoms with Gasteiger partial charge in [-0.1, -0.05) is 0 Å². The molecule has 2 aliphatic heterocycles. The van der Waals surface area contributed by atoms with Gasteiger partial charge in [0.1, 0.15) is 9.84 Å². The second kappa shape index (κ2) is 6.95. The molecular formula is C20H27N3O3S. The number of aromatic nitrogens is 1. The molecule has 146 valence electrons. The van der Waals surface area contributed by atoms with E-state index in [1.807, 2.05) is 35.4 Å². The monoisotopic (exact) mass is 389 g/mol. The highest BCUT2D eigenvalue weighted by atomic mass is 32.2. The van der Waals surface area contributed by atoms with Crippen molar-refractivity contribution in [2.24, 2.45) is 5.41 Å². The van der Waals surface area contributed by atoms with E-state index in [0.29, 0.717) is 6.54 Å². The van der Waals surface area contributed by atoms with Gasteiger partial charge in [-0.3, -0.25) is 4.79 Å². The lowest BCUT2D eigenvalue weighted by atomic mass is 9.79. The second-order valence-corrected chi connectivity index (χ2v) is 10.5. The molecule has 2 fully saturated rings. The average Bonchev–Trinajstić information content (AvgIpc) is 3.25. The first-order chi connectivity index (χ1) is 12.8. The molecular weight excluding hydrogens is 362 g/mol. The van der Waals surface area contributed by atoms with Crippen LogP contribution in [0.3, 0.4) is 0 Å². The maximum Gasteiger partial charge on any atom is 0.253 e. The molecule has 0 bridgehead atoms. The highest BCUT2D eigenvalue weighted by molar-refractivity contribution is 7.90. The van der Waals surface area contributed by atoms with Gasteiger partial charge in [0.25, 0.3) is 5.91 Å². The number of hydrogen-bond donors (Lipinski definition) is 1. The first-order valence-corrected chi connectivity index (χ1v) is 11.7. The normalized spacial score (nSPS) is 24.1. The van der Waals surface area contributed by atoms with Crippen LogP contribution in [0.15, 0.2) is 30.5 Å². The lowest BCUT2D eigenvalue weighted by Crippen LogP contribution is -2.46. The van der Waals surface area contributed by atoms with Crippen molar-refractivity contribution in [2.45, 2.75) is 19.3 Å². The third-order valence-electron chi connectivity index (χ3n) is 6.04. The van der Waals surface area contributed by atoms with Crippen molar-refractivity contribution in [1.29, 1.82) is 0 Å². The summed E-state index contributed by atoms with van der Waals surface area (Å²) in [6.45, 7) is 3.99. The van der Waals surface area contributed by atoms with Crippen LogP contribution in [0.2, 0.25) is 0 Å². The summed E-state index contributed by atoms with van der Waals surface area (Å²) >= 11 is 0. The first kappa shape index (κ1) is 18.5. The van der Waals surface area contributed by atoms with E-state index < -0.39 is 9.84 Å². The predicted octanol–water partition coefficient (Wildman–Crippen LogP) is 2.14. The molecule has 2 saturated heterocycles. The van der Waals surface area contributed by atoms with Crippen LogP contribution < -0.4 is 0 Å². The van der Waals surface area contributed by atoms with Crippen molar-refractivity contribution in [3.8, 4) is 0 Å². The Hall–Kier alpha value is -1.86. The summed E-state index contributed by atoms with van der Waals surface area (Å²) in [4.78, 5) is 20.4. The summed E-state index contributed by atoms with van der Waals surface area (Å²) in [5, 5.41) is 1.05. The van der Waals surface area contributed by atoms with Crippen molar-refractivity contribution < 1.29 is 13.2 Å². The van der Waals surface area contributed by atoms with Crippen molar-refractivity contribution in [3.05, 3.63) is 36.0 Å². The van der Waals surface area contributed by atoms with Gasteiger partial charge in [0.2, 0.25) is 0 Å². The van der Waals surface area contributed by atoms with E-state index in [-0.39, 0.29) is 17.1 Å². The van der Waals surface area contributed by atoms with Gasteiger partial charge in [-0.25, -0.2) is 8.42 Å². The maximum atomic E-state index is 13.0. The molecule has 1 amide bonds. The molecule has 7 heteroatoms. The number of sulfone groups is 1. The molecule has 1 N–H and O–H groups in total. The number of fused-ring (bicyclic) bond motifs is 1. The Labute approximate surface area is 160 Å². The SMILES string of the molecule is CS(=O)(=O)CCN1CCCC2(CCN(C(=O)c3ccc4[nH]ccc4c3)C2)C1. The molecule has 1 aromatic heterocycles. The third kappa shape index (κ3) is 4.04. The third-order valence-corrected chi connectivity index (χ3v) is 6.97. The highest BCUT2D eigenvalue weighted by Crippen LogP contribution is 2.39. The Morgan fingerprint density at radius 2 is 2.04 bits per heavy atom. The minimum Gasteiger partial charge on any atom is -0.361 e. The zero-order valence-electron chi connectivity index (χ0n) is 15.8. The van der Waals surface area contributed by atoms with Crippen molar-refractivity contribution in [3.63, 3.8) is 0 Å². The summed E-state index contributed by atoms with van der Waals surface area (Å²) in [5.41, 5.74) is 1.89. The van der Waals surface area contributed by atoms with Gasteiger partial charge in [-0.2, -0.15) is 0 Å². The van der Waals surface area contributed by atoms with Crippen LogP contribution in [0.25, 0.3) is 10.9 Å². The van der Waals surface area contributed by atoms with E-state index in [9.17, 15) is 13.2 Å². The van der Waals surface area contributed by atoms with Crippen LogP contribution in [0.1, 0.15) is 29.6 Å². The Kier molecular flexibility index (Phi) is 4.76.